The van der Waals surface area contributed by atoms with Crippen LogP contribution in [0.4, 0.5) is 0 Å². The highest BCUT2D eigenvalue weighted by Gasteiger charge is 2.61. The number of rotatable bonds is 10. The van der Waals surface area contributed by atoms with Gasteiger partial charge in [0, 0.05) is 55.8 Å². The van der Waals surface area contributed by atoms with Crippen molar-refractivity contribution >= 4 is 56.1 Å². The fourth-order valence-electron chi connectivity index (χ4n) is 9.52. The lowest BCUT2D eigenvalue weighted by atomic mass is 9.87. The molecule has 3 fully saturated rings. The number of nitrogens with one attached hydrogen (secondary N) is 1. The van der Waals surface area contributed by atoms with Gasteiger partial charge in [-0.05, 0) is 91.2 Å². The maximum absolute atomic E-state index is 14.8. The first-order chi connectivity index (χ1) is 29.4. The Morgan fingerprint density at radius 2 is 1.76 bits per heavy atom. The summed E-state index contributed by atoms with van der Waals surface area (Å²) in [5, 5.41) is 3.08. The number of esters is 1. The molecule has 62 heavy (non-hydrogen) atoms. The van der Waals surface area contributed by atoms with Crippen LogP contribution in [0.3, 0.4) is 0 Å². The van der Waals surface area contributed by atoms with Gasteiger partial charge in [0.25, 0.3) is 6.01 Å². The average Bonchev–Trinajstić information content (AvgIpc) is 3.56. The summed E-state index contributed by atoms with van der Waals surface area (Å²) in [7, 11) is -1.47. The van der Waals surface area contributed by atoms with E-state index in [2.05, 4.69) is 23.9 Å². The number of aromatic nitrogens is 3. The van der Waals surface area contributed by atoms with Crippen LogP contribution in [0, 0.1) is 17.3 Å². The lowest BCUT2D eigenvalue weighted by Crippen LogP contribution is -2.47. The number of amides is 2. The predicted molar refractivity (Wildman–Crippen MR) is 239 cm³/mol. The number of carbonyl (C=O) groups is 4. The minimum atomic E-state index is -4.13. The molecule has 1 saturated heterocycles. The van der Waals surface area contributed by atoms with Crippen LogP contribution < -0.4 is 9.46 Å². The number of hydrogen-bond donors (Lipinski definition) is 1. The van der Waals surface area contributed by atoms with Crippen molar-refractivity contribution in [2.45, 2.75) is 154 Å². The van der Waals surface area contributed by atoms with E-state index in [4.69, 9.17) is 19.4 Å². The topological polar surface area (TPSA) is 170 Å². The fourth-order valence-corrected chi connectivity index (χ4v) is 11.1. The van der Waals surface area contributed by atoms with Crippen molar-refractivity contribution in [3.63, 3.8) is 0 Å². The third-order valence-electron chi connectivity index (χ3n) is 12.9. The molecule has 0 unspecified atom stereocenters. The molecule has 16 heteroatoms. The predicted octanol–water partition coefficient (Wildman–Crippen LogP) is 7.89. The number of Topliss-reactive ketones (excluding diaryl/α,β-unsaturated/α-hetero) is 1. The van der Waals surface area contributed by atoms with E-state index < -0.39 is 51.2 Å². The molecule has 1 aromatic carbocycles. The van der Waals surface area contributed by atoms with Gasteiger partial charge in [-0.2, -0.15) is 17.7 Å². The number of thiazole rings is 1. The van der Waals surface area contributed by atoms with E-state index in [-0.39, 0.29) is 49.5 Å². The largest absolute Gasteiger partial charge is 0.460 e. The van der Waals surface area contributed by atoms with Crippen LogP contribution in [0.25, 0.3) is 21.6 Å². The summed E-state index contributed by atoms with van der Waals surface area (Å²) in [6, 6.07) is 5.39. The van der Waals surface area contributed by atoms with Crippen molar-refractivity contribution < 1.29 is 37.1 Å². The molecule has 4 aliphatic rings. The van der Waals surface area contributed by atoms with Crippen LogP contribution in [-0.4, -0.2) is 94.1 Å². The number of imidazole rings is 1. The molecular formula is C46H64N6O8S2. The van der Waals surface area contributed by atoms with Gasteiger partial charge >= 0.3 is 16.2 Å². The SMILES string of the molecule is CC(C)n1c(O[C@@H]2C[C@H]3C(=O)C[C@]4(C(=O)NS(=O)(=O)N(C)C)C[C@H]4/C=C\CCCCC[C@H](CC(=O)OC(C)(C)C)C(=O)N3C2)nc2c(-c3nc(C4CCCCC4)cs3)cccc21. The monoisotopic (exact) mass is 892 g/mol. The lowest BCUT2D eigenvalue weighted by Gasteiger charge is -2.29. The number of ether oxygens (including phenoxy) is 2. The van der Waals surface area contributed by atoms with E-state index >= 15 is 0 Å². The Morgan fingerprint density at radius 1 is 1.03 bits per heavy atom. The smallest absolute Gasteiger partial charge is 0.307 e. The molecule has 7 rings (SSSR count). The van der Waals surface area contributed by atoms with Crippen molar-refractivity contribution in [2.24, 2.45) is 17.3 Å². The summed E-state index contributed by atoms with van der Waals surface area (Å²) in [5.74, 6) is -2.54. The van der Waals surface area contributed by atoms with Crippen LogP contribution >= 0.6 is 11.3 Å². The molecule has 0 bridgehead atoms. The Morgan fingerprint density at radius 3 is 2.47 bits per heavy atom. The number of ketones is 1. The fraction of sp³-hybridized carbons (Fsp3) is 0.652. The molecule has 2 saturated carbocycles. The molecule has 0 spiro atoms. The minimum Gasteiger partial charge on any atom is -0.460 e. The van der Waals surface area contributed by atoms with Crippen LogP contribution in [-0.2, 0) is 34.1 Å². The van der Waals surface area contributed by atoms with E-state index in [1.54, 1.807) is 32.1 Å². The summed E-state index contributed by atoms with van der Waals surface area (Å²) in [4.78, 5) is 68.5. The number of hydrogen-bond acceptors (Lipinski definition) is 11. The summed E-state index contributed by atoms with van der Waals surface area (Å²) >= 11 is 1.63. The van der Waals surface area contributed by atoms with Gasteiger partial charge in [0.15, 0.2) is 5.78 Å². The van der Waals surface area contributed by atoms with E-state index in [0.29, 0.717) is 31.2 Å². The second kappa shape index (κ2) is 18.5. The number of benzene rings is 1. The first kappa shape index (κ1) is 45.9. The summed E-state index contributed by atoms with van der Waals surface area (Å²) in [6.07, 6.45) is 12.8. The van der Waals surface area contributed by atoms with Crippen molar-refractivity contribution in [3.05, 3.63) is 41.4 Å². The molecule has 2 amide bonds. The highest BCUT2D eigenvalue weighted by Crippen LogP contribution is 2.57. The van der Waals surface area contributed by atoms with Gasteiger partial charge < -0.3 is 14.4 Å². The molecule has 14 nitrogen and oxygen atoms in total. The number of allylic oxidation sites excluding steroid dienone is 2. The van der Waals surface area contributed by atoms with E-state index in [0.717, 1.165) is 63.7 Å². The van der Waals surface area contributed by atoms with Gasteiger partial charge in [-0.25, -0.2) is 9.71 Å². The van der Waals surface area contributed by atoms with Crippen LogP contribution in [0.2, 0.25) is 0 Å². The van der Waals surface area contributed by atoms with Crippen molar-refractivity contribution in [2.75, 3.05) is 20.6 Å². The zero-order valence-electron chi connectivity index (χ0n) is 37.4. The first-order valence-corrected chi connectivity index (χ1v) is 24.8. The highest BCUT2D eigenvalue weighted by atomic mass is 32.2. The quantitative estimate of drug-likeness (QED) is 0.156. The van der Waals surface area contributed by atoms with Gasteiger partial charge in [-0.3, -0.25) is 23.7 Å². The van der Waals surface area contributed by atoms with Gasteiger partial charge in [0.05, 0.1) is 35.6 Å². The number of para-hydroxylation sites is 1. The molecule has 2 aromatic heterocycles. The normalized spacial score (nSPS) is 26.2. The number of fused-ring (bicyclic) bond motifs is 3. The van der Waals surface area contributed by atoms with Crippen LogP contribution in [0.1, 0.15) is 142 Å². The summed E-state index contributed by atoms with van der Waals surface area (Å²) < 4.78 is 43.3. The Balaban J connectivity index is 1.22. The molecular weight excluding hydrogens is 829 g/mol. The van der Waals surface area contributed by atoms with Crippen molar-refractivity contribution in [1.82, 2.24) is 28.5 Å². The van der Waals surface area contributed by atoms with Crippen LogP contribution in [0.15, 0.2) is 35.7 Å². The lowest BCUT2D eigenvalue weighted by molar-refractivity contribution is -0.159. The maximum Gasteiger partial charge on any atom is 0.307 e. The highest BCUT2D eigenvalue weighted by molar-refractivity contribution is 7.87. The molecule has 338 valence electrons. The molecule has 5 atom stereocenters. The molecule has 1 N–H and O–H groups in total. The molecule has 0 radical (unpaired) electrons. The van der Waals surface area contributed by atoms with Gasteiger partial charge in [0.2, 0.25) is 11.8 Å². The van der Waals surface area contributed by atoms with Crippen molar-refractivity contribution in [3.8, 4) is 16.6 Å². The van der Waals surface area contributed by atoms with Gasteiger partial charge in [0.1, 0.15) is 22.2 Å². The second-order valence-electron chi connectivity index (χ2n) is 19.3. The Hall–Kier alpha value is -4.15. The Kier molecular flexibility index (Phi) is 13.7. The average molecular weight is 893 g/mol. The second-order valence-corrected chi connectivity index (χ2v) is 22.1. The zero-order chi connectivity index (χ0) is 44.6. The van der Waals surface area contributed by atoms with E-state index in [9.17, 15) is 27.6 Å². The Labute approximate surface area is 370 Å². The van der Waals surface area contributed by atoms with E-state index in [1.807, 2.05) is 34.9 Å². The molecule has 2 aliphatic carbocycles. The van der Waals surface area contributed by atoms with Crippen LogP contribution in [0.5, 0.6) is 6.01 Å². The Bertz CT molecular complexity index is 2290. The zero-order valence-corrected chi connectivity index (χ0v) is 39.0. The summed E-state index contributed by atoms with van der Waals surface area (Å²) in [5.41, 5.74) is 1.66. The number of carbonyl (C=O) groups excluding carboxylic acids is 4. The maximum atomic E-state index is 14.8. The minimum absolute atomic E-state index is 0.0515. The van der Waals surface area contributed by atoms with Gasteiger partial charge in [-0.1, -0.05) is 50.3 Å². The number of nitrogens with zero attached hydrogens (tertiary/aromatic N) is 5. The van der Waals surface area contributed by atoms with Gasteiger partial charge in [-0.15, -0.1) is 11.3 Å². The third kappa shape index (κ3) is 10.1. The standard InChI is InChI=1S/C46H64N6O8S2/c1-29(2)52-36-22-16-21-34(41-47-35(28-61-41)30-17-13-11-14-18-30)40(36)48-44(52)59-33-24-37-38(53)26-46(43(56)49-62(57,58)50(6)7)25-32(46)20-15-10-8-9-12-19-31(42(55)51(37)27-33)23-39(54)60-45(3,4)5/h15-16,20-22,28-33,37H,8-14,17-19,23-27H2,1-7H3,(H,49,56)/b20-15-/t31-,32-,33-,37+,46-/m1/s1. The third-order valence-corrected chi connectivity index (χ3v) is 15.2. The molecule has 2 aliphatic heterocycles. The molecule has 3 aromatic rings. The molecule has 4 heterocycles. The van der Waals surface area contributed by atoms with E-state index in [1.165, 1.54) is 38.3 Å². The summed E-state index contributed by atoms with van der Waals surface area (Å²) in [6.45, 7) is 9.53. The van der Waals surface area contributed by atoms with Crippen molar-refractivity contribution in [1.29, 1.82) is 0 Å². The first-order valence-electron chi connectivity index (χ1n) is 22.5.